The molecule has 0 saturated heterocycles. The third-order valence-corrected chi connectivity index (χ3v) is 1.83. The van der Waals surface area contributed by atoms with E-state index < -0.39 is 5.97 Å². The molecule has 0 aromatic rings. The molecule has 0 aromatic heterocycles. The van der Waals surface area contributed by atoms with Crippen LogP contribution in [0, 0.1) is 17.2 Å². The molecule has 0 bridgehead atoms. The van der Waals surface area contributed by atoms with Gasteiger partial charge < -0.3 is 5.11 Å². The summed E-state index contributed by atoms with van der Waals surface area (Å²) in [5.74, 6) is -0.862. The lowest BCUT2D eigenvalue weighted by molar-refractivity contribution is -0.131. The number of carboxylic acids is 1. The van der Waals surface area contributed by atoms with Gasteiger partial charge in [-0.25, -0.2) is 4.79 Å². The number of rotatable bonds is 1. The van der Waals surface area contributed by atoms with Gasteiger partial charge in [0.2, 0.25) is 0 Å². The predicted octanol–water partition coefficient (Wildman–Crippen LogP) is 1.32. The molecule has 0 spiro atoms. The lowest BCUT2D eigenvalue weighted by Gasteiger charge is -1.91. The van der Waals surface area contributed by atoms with Gasteiger partial charge in [-0.15, -0.1) is 0 Å². The second-order valence-electron chi connectivity index (χ2n) is 2.71. The fourth-order valence-corrected chi connectivity index (χ4v) is 1.30. The van der Waals surface area contributed by atoms with E-state index in [-0.39, 0.29) is 5.92 Å². The van der Waals surface area contributed by atoms with Crippen LogP contribution in [0.5, 0.6) is 0 Å². The highest BCUT2D eigenvalue weighted by Crippen LogP contribution is 2.29. The molecule has 1 fully saturated rings. The van der Waals surface area contributed by atoms with Gasteiger partial charge in [0.05, 0.1) is 12.0 Å². The van der Waals surface area contributed by atoms with Crippen molar-refractivity contribution in [2.45, 2.75) is 19.3 Å². The van der Waals surface area contributed by atoms with E-state index in [0.717, 1.165) is 18.4 Å². The molecular weight excluding hydrogens is 142 g/mol. The Bertz CT molecular complexity index is 237. The maximum atomic E-state index is 10.2. The number of nitriles is 1. The third-order valence-electron chi connectivity index (χ3n) is 1.83. The number of aliphatic carboxylic acids is 1. The summed E-state index contributed by atoms with van der Waals surface area (Å²) in [5.41, 5.74) is 0.893. The summed E-state index contributed by atoms with van der Waals surface area (Å²) >= 11 is 0. The molecular formula is C8H9NO2. The smallest absolute Gasteiger partial charge is 0.328 e. The van der Waals surface area contributed by atoms with Crippen molar-refractivity contribution in [2.24, 2.45) is 5.92 Å². The van der Waals surface area contributed by atoms with E-state index >= 15 is 0 Å². The van der Waals surface area contributed by atoms with Crippen LogP contribution >= 0.6 is 0 Å². The summed E-state index contributed by atoms with van der Waals surface area (Å²) in [5, 5.41) is 16.9. The second kappa shape index (κ2) is 3.20. The summed E-state index contributed by atoms with van der Waals surface area (Å²) < 4.78 is 0. The standard InChI is InChI=1S/C8H9NO2/c9-5-7-2-1-6(3-7)4-8(10)11/h4,7H,1-3H2,(H,10,11)/b6-4-. The first-order valence-corrected chi connectivity index (χ1v) is 3.54. The minimum atomic E-state index is -0.904. The highest BCUT2D eigenvalue weighted by molar-refractivity contribution is 5.80. The van der Waals surface area contributed by atoms with E-state index in [0.29, 0.717) is 6.42 Å². The molecule has 0 aromatic carbocycles. The molecule has 11 heavy (non-hydrogen) atoms. The van der Waals surface area contributed by atoms with E-state index in [9.17, 15) is 4.79 Å². The number of hydrogen-bond donors (Lipinski definition) is 1. The number of hydrogen-bond acceptors (Lipinski definition) is 2. The van der Waals surface area contributed by atoms with Crippen LogP contribution in [-0.4, -0.2) is 11.1 Å². The Hall–Kier alpha value is -1.30. The first-order chi connectivity index (χ1) is 5.22. The van der Waals surface area contributed by atoms with Crippen LogP contribution in [0.1, 0.15) is 19.3 Å². The van der Waals surface area contributed by atoms with Gasteiger partial charge in [-0.05, 0) is 19.3 Å². The Labute approximate surface area is 64.9 Å². The Morgan fingerprint density at radius 3 is 3.00 bits per heavy atom. The number of carbonyl (C=O) groups is 1. The first kappa shape index (κ1) is 7.80. The van der Waals surface area contributed by atoms with Crippen LogP contribution in [-0.2, 0) is 4.79 Å². The summed E-state index contributed by atoms with van der Waals surface area (Å²) in [6.45, 7) is 0. The molecule has 1 atom stereocenters. The van der Waals surface area contributed by atoms with E-state index in [2.05, 4.69) is 6.07 Å². The van der Waals surface area contributed by atoms with Gasteiger partial charge in [-0.2, -0.15) is 5.26 Å². The topological polar surface area (TPSA) is 61.1 Å². The monoisotopic (exact) mass is 151 g/mol. The molecule has 0 heterocycles. The van der Waals surface area contributed by atoms with Crippen LogP contribution in [0.2, 0.25) is 0 Å². The van der Waals surface area contributed by atoms with Crippen LogP contribution in [0.4, 0.5) is 0 Å². The second-order valence-corrected chi connectivity index (χ2v) is 2.71. The van der Waals surface area contributed by atoms with E-state index in [1.54, 1.807) is 0 Å². The molecule has 0 amide bonds. The van der Waals surface area contributed by atoms with Gasteiger partial charge in [0, 0.05) is 6.08 Å². The fraction of sp³-hybridized carbons (Fsp3) is 0.500. The molecule has 1 unspecified atom stereocenters. The zero-order chi connectivity index (χ0) is 8.27. The summed E-state index contributed by atoms with van der Waals surface area (Å²) in [6.07, 6.45) is 3.44. The van der Waals surface area contributed by atoms with Crippen LogP contribution in [0.25, 0.3) is 0 Å². The average molecular weight is 151 g/mol. The molecule has 1 saturated carbocycles. The molecule has 3 heteroatoms. The molecule has 1 N–H and O–H groups in total. The average Bonchev–Trinajstić information content (AvgIpc) is 2.34. The largest absolute Gasteiger partial charge is 0.478 e. The highest BCUT2D eigenvalue weighted by Gasteiger charge is 2.18. The number of carboxylic acid groups (broad SMARTS) is 1. The van der Waals surface area contributed by atoms with Crippen molar-refractivity contribution in [1.29, 1.82) is 5.26 Å². The lowest BCUT2D eigenvalue weighted by atomic mass is 10.1. The van der Waals surface area contributed by atoms with E-state index in [1.807, 2.05) is 0 Å². The Balaban J connectivity index is 2.55. The summed E-state index contributed by atoms with van der Waals surface area (Å²) in [7, 11) is 0. The Morgan fingerprint density at radius 1 is 1.82 bits per heavy atom. The maximum Gasteiger partial charge on any atom is 0.328 e. The van der Waals surface area contributed by atoms with Crippen LogP contribution in [0.15, 0.2) is 11.6 Å². The summed E-state index contributed by atoms with van der Waals surface area (Å²) in [6, 6.07) is 2.13. The molecule has 1 rings (SSSR count). The van der Waals surface area contributed by atoms with Gasteiger partial charge in [0.15, 0.2) is 0 Å². The van der Waals surface area contributed by atoms with Crippen molar-refractivity contribution in [3.05, 3.63) is 11.6 Å². The zero-order valence-electron chi connectivity index (χ0n) is 6.08. The minimum absolute atomic E-state index is 0.0422. The first-order valence-electron chi connectivity index (χ1n) is 3.54. The van der Waals surface area contributed by atoms with Crippen molar-refractivity contribution in [3.8, 4) is 6.07 Å². The molecule has 0 radical (unpaired) electrons. The van der Waals surface area contributed by atoms with Crippen molar-refractivity contribution < 1.29 is 9.90 Å². The van der Waals surface area contributed by atoms with Crippen molar-refractivity contribution in [3.63, 3.8) is 0 Å². The summed E-state index contributed by atoms with van der Waals surface area (Å²) in [4.78, 5) is 10.2. The molecule has 58 valence electrons. The Kier molecular flexibility index (Phi) is 2.27. The predicted molar refractivity (Wildman–Crippen MR) is 38.7 cm³/mol. The highest BCUT2D eigenvalue weighted by atomic mass is 16.4. The number of nitrogens with zero attached hydrogens (tertiary/aromatic N) is 1. The van der Waals surface area contributed by atoms with Crippen LogP contribution < -0.4 is 0 Å². The van der Waals surface area contributed by atoms with Crippen LogP contribution in [0.3, 0.4) is 0 Å². The Morgan fingerprint density at radius 2 is 2.55 bits per heavy atom. The van der Waals surface area contributed by atoms with E-state index in [1.165, 1.54) is 6.08 Å². The quantitative estimate of drug-likeness (QED) is 0.575. The molecule has 1 aliphatic rings. The maximum absolute atomic E-state index is 10.2. The molecule has 1 aliphatic carbocycles. The fourth-order valence-electron chi connectivity index (χ4n) is 1.30. The van der Waals surface area contributed by atoms with Gasteiger partial charge in [0.1, 0.15) is 0 Å². The number of allylic oxidation sites excluding steroid dienone is 1. The SMILES string of the molecule is N#CC1CC/C(=C/C(=O)O)C1. The van der Waals surface area contributed by atoms with Gasteiger partial charge in [-0.3, -0.25) is 0 Å². The lowest BCUT2D eigenvalue weighted by Crippen LogP contribution is -1.90. The normalized spacial score (nSPS) is 26.8. The minimum Gasteiger partial charge on any atom is -0.478 e. The van der Waals surface area contributed by atoms with Gasteiger partial charge in [-0.1, -0.05) is 5.57 Å². The van der Waals surface area contributed by atoms with Gasteiger partial charge >= 0.3 is 5.97 Å². The van der Waals surface area contributed by atoms with Crippen molar-refractivity contribution in [2.75, 3.05) is 0 Å². The zero-order valence-corrected chi connectivity index (χ0v) is 6.08. The van der Waals surface area contributed by atoms with E-state index in [4.69, 9.17) is 10.4 Å². The van der Waals surface area contributed by atoms with Gasteiger partial charge in [0.25, 0.3) is 0 Å². The molecule has 3 nitrogen and oxygen atoms in total. The van der Waals surface area contributed by atoms with Crippen molar-refractivity contribution in [1.82, 2.24) is 0 Å². The third kappa shape index (κ3) is 2.08. The molecule has 0 aliphatic heterocycles. The van der Waals surface area contributed by atoms with Crippen molar-refractivity contribution >= 4 is 5.97 Å².